The van der Waals surface area contributed by atoms with E-state index in [4.69, 9.17) is 23.2 Å². The largest absolute Gasteiger partial charge is 0.391 e. The minimum atomic E-state index is -0.324. The molecule has 1 saturated heterocycles. The van der Waals surface area contributed by atoms with Crippen molar-refractivity contribution in [1.29, 1.82) is 0 Å². The number of aliphatic hydroxyl groups excluding tert-OH is 1. The molecule has 4 heteroatoms. The SMILES string of the molecule is OC(Cc1ccc(Cl)c(Cl)c1)C1(N2CCCC2)CCCC1. The highest BCUT2D eigenvalue weighted by Gasteiger charge is 2.45. The van der Waals surface area contributed by atoms with Gasteiger partial charge in [-0.15, -0.1) is 0 Å². The van der Waals surface area contributed by atoms with Crippen molar-refractivity contribution in [3.63, 3.8) is 0 Å². The van der Waals surface area contributed by atoms with E-state index < -0.39 is 0 Å². The van der Waals surface area contributed by atoms with Gasteiger partial charge in [-0.05, 0) is 56.5 Å². The van der Waals surface area contributed by atoms with Crippen LogP contribution >= 0.6 is 23.2 Å². The third-order valence-corrected chi connectivity index (χ3v) is 5.98. The predicted molar refractivity (Wildman–Crippen MR) is 88.2 cm³/mol. The van der Waals surface area contributed by atoms with Gasteiger partial charge in [-0.2, -0.15) is 0 Å². The Kier molecular flexibility index (Phi) is 4.80. The summed E-state index contributed by atoms with van der Waals surface area (Å²) in [5.74, 6) is 0. The van der Waals surface area contributed by atoms with Crippen LogP contribution in [0.3, 0.4) is 0 Å². The van der Waals surface area contributed by atoms with Gasteiger partial charge in [0.2, 0.25) is 0 Å². The molecule has 0 spiro atoms. The van der Waals surface area contributed by atoms with Gasteiger partial charge in [0, 0.05) is 12.0 Å². The van der Waals surface area contributed by atoms with Gasteiger partial charge in [0.05, 0.1) is 16.1 Å². The molecular formula is C17H23Cl2NO. The van der Waals surface area contributed by atoms with E-state index >= 15 is 0 Å². The zero-order valence-electron chi connectivity index (χ0n) is 12.3. The van der Waals surface area contributed by atoms with Crippen LogP contribution in [-0.2, 0) is 6.42 Å². The average Bonchev–Trinajstić information content (AvgIpc) is 3.13. The Morgan fingerprint density at radius 2 is 1.71 bits per heavy atom. The van der Waals surface area contributed by atoms with Crippen LogP contribution in [0.15, 0.2) is 18.2 Å². The Labute approximate surface area is 137 Å². The third-order valence-electron chi connectivity index (χ3n) is 5.24. The minimum Gasteiger partial charge on any atom is -0.391 e. The summed E-state index contributed by atoms with van der Waals surface area (Å²) in [6.45, 7) is 2.27. The van der Waals surface area contributed by atoms with Crippen LogP contribution < -0.4 is 0 Å². The first-order chi connectivity index (χ1) is 10.1. The lowest BCUT2D eigenvalue weighted by Gasteiger charge is -2.42. The summed E-state index contributed by atoms with van der Waals surface area (Å²) in [5.41, 5.74) is 1.06. The van der Waals surface area contributed by atoms with Gasteiger partial charge >= 0.3 is 0 Å². The van der Waals surface area contributed by atoms with Gasteiger partial charge in [0.1, 0.15) is 0 Å². The molecule has 0 aromatic heterocycles. The fourth-order valence-corrected chi connectivity index (χ4v) is 4.41. The summed E-state index contributed by atoms with van der Waals surface area (Å²) in [6.07, 6.45) is 7.57. The Balaban J connectivity index is 1.77. The highest BCUT2D eigenvalue weighted by molar-refractivity contribution is 6.42. The van der Waals surface area contributed by atoms with Gasteiger partial charge in [-0.1, -0.05) is 42.1 Å². The number of hydrogen-bond acceptors (Lipinski definition) is 2. The molecule has 2 nitrogen and oxygen atoms in total. The maximum absolute atomic E-state index is 11.0. The number of halogens is 2. The van der Waals surface area contributed by atoms with Crippen LogP contribution in [0.5, 0.6) is 0 Å². The van der Waals surface area contributed by atoms with Crippen molar-refractivity contribution in [1.82, 2.24) is 4.90 Å². The zero-order chi connectivity index (χ0) is 14.9. The Morgan fingerprint density at radius 1 is 1.05 bits per heavy atom. The van der Waals surface area contributed by atoms with Crippen molar-refractivity contribution in [2.24, 2.45) is 0 Å². The molecule has 0 radical (unpaired) electrons. The molecule has 1 aromatic carbocycles. The first-order valence-corrected chi connectivity index (χ1v) is 8.74. The summed E-state index contributed by atoms with van der Waals surface area (Å²) in [7, 11) is 0. The molecule has 2 aliphatic rings. The highest BCUT2D eigenvalue weighted by Crippen LogP contribution is 2.41. The van der Waals surface area contributed by atoms with Crippen molar-refractivity contribution in [3.05, 3.63) is 33.8 Å². The van der Waals surface area contributed by atoms with E-state index in [0.717, 1.165) is 31.5 Å². The van der Waals surface area contributed by atoms with Gasteiger partial charge in [-0.25, -0.2) is 0 Å². The van der Waals surface area contributed by atoms with E-state index in [9.17, 15) is 5.11 Å². The van der Waals surface area contributed by atoms with E-state index in [-0.39, 0.29) is 11.6 Å². The molecule has 1 atom stereocenters. The van der Waals surface area contributed by atoms with Gasteiger partial charge in [0.15, 0.2) is 0 Å². The Hall–Kier alpha value is -0.280. The minimum absolute atomic E-state index is 0.0113. The number of aliphatic hydroxyl groups is 1. The van der Waals surface area contributed by atoms with E-state index in [1.165, 1.54) is 25.7 Å². The maximum atomic E-state index is 11.0. The molecule has 0 bridgehead atoms. The first-order valence-electron chi connectivity index (χ1n) is 7.99. The van der Waals surface area contributed by atoms with Crippen LogP contribution in [0, 0.1) is 0 Å². The number of hydrogen-bond donors (Lipinski definition) is 1. The molecule has 116 valence electrons. The molecule has 1 saturated carbocycles. The molecular weight excluding hydrogens is 305 g/mol. The molecule has 1 heterocycles. The molecule has 1 N–H and O–H groups in total. The van der Waals surface area contributed by atoms with Gasteiger partial charge in [-0.3, -0.25) is 4.90 Å². The zero-order valence-corrected chi connectivity index (χ0v) is 13.8. The second-order valence-electron chi connectivity index (χ2n) is 6.47. The summed E-state index contributed by atoms with van der Waals surface area (Å²) >= 11 is 12.1. The molecule has 1 unspecified atom stereocenters. The standard InChI is InChI=1S/C17H23Cl2NO/c18-14-6-5-13(11-15(14)19)12-16(21)17(7-1-2-8-17)20-9-3-4-10-20/h5-6,11,16,21H,1-4,7-10,12H2. The van der Waals surface area contributed by atoms with Crippen LogP contribution in [0.25, 0.3) is 0 Å². The van der Waals surface area contributed by atoms with Crippen LogP contribution in [-0.4, -0.2) is 34.7 Å². The monoisotopic (exact) mass is 327 g/mol. The highest BCUT2D eigenvalue weighted by atomic mass is 35.5. The van der Waals surface area contributed by atoms with E-state index in [1.807, 2.05) is 18.2 Å². The second-order valence-corrected chi connectivity index (χ2v) is 7.29. The normalized spacial score (nSPS) is 23.6. The van der Waals surface area contributed by atoms with Crippen LogP contribution in [0.2, 0.25) is 10.0 Å². The van der Waals surface area contributed by atoms with E-state index in [2.05, 4.69) is 4.90 Å². The van der Waals surface area contributed by atoms with Crippen molar-refractivity contribution in [2.45, 2.75) is 56.6 Å². The topological polar surface area (TPSA) is 23.5 Å². The summed E-state index contributed by atoms with van der Waals surface area (Å²) in [4.78, 5) is 2.54. The van der Waals surface area contributed by atoms with Crippen molar-refractivity contribution in [2.75, 3.05) is 13.1 Å². The van der Waals surface area contributed by atoms with Gasteiger partial charge < -0.3 is 5.11 Å². The lowest BCUT2D eigenvalue weighted by atomic mass is 9.85. The maximum Gasteiger partial charge on any atom is 0.0764 e. The summed E-state index contributed by atoms with van der Waals surface area (Å²) in [6, 6.07) is 5.69. The van der Waals surface area contributed by atoms with E-state index in [0.29, 0.717) is 16.5 Å². The quantitative estimate of drug-likeness (QED) is 0.890. The van der Waals surface area contributed by atoms with Crippen molar-refractivity contribution >= 4 is 23.2 Å². The Morgan fingerprint density at radius 3 is 2.33 bits per heavy atom. The van der Waals surface area contributed by atoms with Gasteiger partial charge in [0.25, 0.3) is 0 Å². The average molecular weight is 328 g/mol. The molecule has 0 amide bonds. The molecule has 3 rings (SSSR count). The molecule has 21 heavy (non-hydrogen) atoms. The lowest BCUT2D eigenvalue weighted by molar-refractivity contribution is -0.0171. The Bertz CT molecular complexity index is 494. The predicted octanol–water partition coefficient (Wildman–Crippen LogP) is 4.31. The molecule has 1 aromatic rings. The number of rotatable bonds is 4. The molecule has 1 aliphatic carbocycles. The summed E-state index contributed by atoms with van der Waals surface area (Å²) in [5, 5.41) is 12.1. The van der Waals surface area contributed by atoms with Crippen molar-refractivity contribution < 1.29 is 5.11 Å². The third kappa shape index (κ3) is 3.10. The second kappa shape index (κ2) is 6.45. The number of nitrogens with zero attached hydrogens (tertiary/aromatic N) is 1. The van der Waals surface area contributed by atoms with Crippen LogP contribution in [0.4, 0.5) is 0 Å². The lowest BCUT2D eigenvalue weighted by Crippen LogP contribution is -2.54. The number of likely N-dealkylation sites (tertiary alicyclic amines) is 1. The fourth-order valence-electron chi connectivity index (χ4n) is 4.09. The fraction of sp³-hybridized carbons (Fsp3) is 0.647. The van der Waals surface area contributed by atoms with E-state index in [1.54, 1.807) is 0 Å². The molecule has 1 aliphatic heterocycles. The first kappa shape index (κ1) is 15.6. The molecule has 2 fully saturated rings. The smallest absolute Gasteiger partial charge is 0.0764 e. The number of benzene rings is 1. The summed E-state index contributed by atoms with van der Waals surface area (Å²) < 4.78 is 0. The van der Waals surface area contributed by atoms with Crippen molar-refractivity contribution in [3.8, 4) is 0 Å². The van der Waals surface area contributed by atoms with Crippen LogP contribution in [0.1, 0.15) is 44.1 Å².